The molecule has 0 saturated carbocycles. The van der Waals surface area contributed by atoms with Gasteiger partial charge < -0.3 is 9.80 Å². The molecule has 6 nitrogen and oxygen atoms in total. The quantitative estimate of drug-likeness (QED) is 0.766. The molecule has 2 aliphatic rings. The predicted octanol–water partition coefficient (Wildman–Crippen LogP) is 2.40. The number of benzene rings is 1. The number of carbonyl (C=O) groups excluding carboxylic acids is 1. The van der Waals surface area contributed by atoms with Gasteiger partial charge in [0.2, 0.25) is 0 Å². The molecular formula is C18H25N3O3S2. The van der Waals surface area contributed by atoms with Crippen molar-refractivity contribution in [1.29, 1.82) is 0 Å². The van der Waals surface area contributed by atoms with Crippen molar-refractivity contribution in [3.8, 4) is 0 Å². The number of nitrogens with zero attached hydrogens (tertiary/aromatic N) is 3. The smallest absolute Gasteiger partial charge is 0.253 e. The van der Waals surface area contributed by atoms with E-state index in [0.29, 0.717) is 5.17 Å². The molecular weight excluding hydrogens is 370 g/mol. The Balaban J connectivity index is 2.00. The van der Waals surface area contributed by atoms with E-state index in [-0.39, 0.29) is 28.7 Å². The molecule has 2 heterocycles. The van der Waals surface area contributed by atoms with Gasteiger partial charge in [-0.05, 0) is 24.3 Å². The second-order valence-corrected chi connectivity index (χ2v) is 11.4. The first-order valence-electron chi connectivity index (χ1n) is 8.55. The van der Waals surface area contributed by atoms with Crippen LogP contribution >= 0.6 is 11.8 Å². The van der Waals surface area contributed by atoms with Gasteiger partial charge >= 0.3 is 0 Å². The van der Waals surface area contributed by atoms with Crippen molar-refractivity contribution in [3.05, 3.63) is 24.3 Å². The molecule has 2 aliphatic heterocycles. The molecule has 3 rings (SSSR count). The Morgan fingerprint density at radius 2 is 1.81 bits per heavy atom. The molecule has 2 saturated heterocycles. The molecule has 0 aliphatic carbocycles. The molecule has 2 unspecified atom stereocenters. The molecule has 2 fully saturated rings. The highest BCUT2D eigenvalue weighted by Gasteiger charge is 2.49. The highest BCUT2D eigenvalue weighted by Crippen LogP contribution is 2.41. The lowest BCUT2D eigenvalue weighted by Gasteiger charge is -2.26. The SMILES string of the molecule is CN(C)c1ccc(N2C(=NC(=O)C(C)(C)C)SC3CS(=O)(=O)CC32)cc1. The Hall–Kier alpha value is -1.54. The molecule has 1 aromatic rings. The Bertz CT molecular complexity index is 839. The Kier molecular flexibility index (Phi) is 4.85. The average molecular weight is 396 g/mol. The van der Waals surface area contributed by atoms with Crippen LogP contribution in [0.3, 0.4) is 0 Å². The molecule has 26 heavy (non-hydrogen) atoms. The Labute approximate surface area is 159 Å². The standard InChI is InChI=1S/C18H25N3O3S2/c1-18(2,3)16(22)19-17-21(13-8-6-12(7-9-13)20(4)5)14-10-26(23,24)11-15(14)25-17/h6-9,14-15H,10-11H2,1-5H3. The van der Waals surface area contributed by atoms with Gasteiger partial charge in [0.15, 0.2) is 15.0 Å². The highest BCUT2D eigenvalue weighted by atomic mass is 32.2. The summed E-state index contributed by atoms with van der Waals surface area (Å²) in [7, 11) is 0.876. The summed E-state index contributed by atoms with van der Waals surface area (Å²) >= 11 is 1.41. The van der Waals surface area contributed by atoms with Crippen LogP contribution in [0, 0.1) is 5.41 Å². The fourth-order valence-corrected chi connectivity index (χ4v) is 6.94. The van der Waals surface area contributed by atoms with Crippen molar-refractivity contribution in [2.45, 2.75) is 32.1 Å². The molecule has 8 heteroatoms. The minimum absolute atomic E-state index is 0.0833. The Morgan fingerprint density at radius 3 is 2.35 bits per heavy atom. The summed E-state index contributed by atoms with van der Waals surface area (Å²) in [4.78, 5) is 20.7. The van der Waals surface area contributed by atoms with Gasteiger partial charge in [0.25, 0.3) is 5.91 Å². The van der Waals surface area contributed by atoms with Gasteiger partial charge in [-0.2, -0.15) is 4.99 Å². The number of fused-ring (bicyclic) bond motifs is 1. The second kappa shape index (κ2) is 6.56. The number of sulfone groups is 1. The summed E-state index contributed by atoms with van der Waals surface area (Å²) in [5.41, 5.74) is 1.35. The number of thioether (sulfide) groups is 1. The van der Waals surface area contributed by atoms with Crippen LogP contribution in [0.15, 0.2) is 29.3 Å². The third-order valence-electron chi connectivity index (χ3n) is 4.55. The fourth-order valence-electron chi connectivity index (χ4n) is 3.03. The van der Waals surface area contributed by atoms with Crippen LogP contribution in [-0.2, 0) is 14.6 Å². The van der Waals surface area contributed by atoms with Crippen LogP contribution < -0.4 is 9.80 Å². The summed E-state index contributed by atoms with van der Waals surface area (Å²) in [5.74, 6) is 0.0397. The zero-order chi connectivity index (χ0) is 19.3. The topological polar surface area (TPSA) is 70.0 Å². The second-order valence-electron chi connectivity index (χ2n) is 8.03. The number of amidine groups is 1. The molecule has 0 spiro atoms. The lowest BCUT2D eigenvalue weighted by molar-refractivity contribution is -0.124. The predicted molar refractivity (Wildman–Crippen MR) is 109 cm³/mol. The molecule has 1 amide bonds. The molecule has 2 atom stereocenters. The van der Waals surface area contributed by atoms with Crippen molar-refractivity contribution >= 4 is 44.0 Å². The molecule has 1 aromatic carbocycles. The minimum atomic E-state index is -3.06. The van der Waals surface area contributed by atoms with E-state index in [4.69, 9.17) is 0 Å². The van der Waals surface area contributed by atoms with E-state index in [0.717, 1.165) is 11.4 Å². The van der Waals surface area contributed by atoms with Crippen molar-refractivity contribution < 1.29 is 13.2 Å². The monoisotopic (exact) mass is 395 g/mol. The summed E-state index contributed by atoms with van der Waals surface area (Å²) in [6.45, 7) is 5.50. The average Bonchev–Trinajstić information content (AvgIpc) is 2.97. The first-order chi connectivity index (χ1) is 12.0. The maximum Gasteiger partial charge on any atom is 0.253 e. The van der Waals surface area contributed by atoms with Gasteiger partial charge in [-0.1, -0.05) is 32.5 Å². The van der Waals surface area contributed by atoms with E-state index < -0.39 is 15.3 Å². The van der Waals surface area contributed by atoms with Gasteiger partial charge in [-0.25, -0.2) is 8.42 Å². The van der Waals surface area contributed by atoms with Gasteiger partial charge in [0.05, 0.1) is 17.5 Å². The van der Waals surface area contributed by atoms with Crippen molar-refractivity contribution in [2.75, 3.05) is 35.4 Å². The van der Waals surface area contributed by atoms with E-state index in [9.17, 15) is 13.2 Å². The van der Waals surface area contributed by atoms with E-state index in [1.807, 2.05) is 68.9 Å². The molecule has 0 radical (unpaired) electrons. The number of hydrogen-bond acceptors (Lipinski definition) is 5. The van der Waals surface area contributed by atoms with E-state index in [2.05, 4.69) is 4.99 Å². The summed E-state index contributed by atoms with van der Waals surface area (Å²) < 4.78 is 24.2. The van der Waals surface area contributed by atoms with Crippen molar-refractivity contribution in [3.63, 3.8) is 0 Å². The van der Waals surface area contributed by atoms with Crippen LogP contribution in [0.2, 0.25) is 0 Å². The summed E-state index contributed by atoms with van der Waals surface area (Å²) in [6, 6.07) is 7.71. The maximum absolute atomic E-state index is 12.4. The van der Waals surface area contributed by atoms with E-state index in [1.54, 1.807) is 0 Å². The largest absolute Gasteiger partial charge is 0.378 e. The van der Waals surface area contributed by atoms with Crippen LogP contribution in [0.25, 0.3) is 0 Å². The number of hydrogen-bond donors (Lipinski definition) is 0. The highest BCUT2D eigenvalue weighted by molar-refractivity contribution is 8.16. The lowest BCUT2D eigenvalue weighted by atomic mass is 9.96. The fraction of sp³-hybridized carbons (Fsp3) is 0.556. The summed E-state index contributed by atoms with van der Waals surface area (Å²) in [5, 5.41) is 0.521. The number of rotatable bonds is 2. The lowest BCUT2D eigenvalue weighted by Crippen LogP contribution is -2.38. The molecule has 142 valence electrons. The molecule has 0 bridgehead atoms. The van der Waals surface area contributed by atoms with E-state index >= 15 is 0 Å². The number of aliphatic imine (C=N–C) groups is 1. The van der Waals surface area contributed by atoms with Crippen molar-refractivity contribution in [2.24, 2.45) is 10.4 Å². The zero-order valence-corrected chi connectivity index (χ0v) is 17.4. The van der Waals surface area contributed by atoms with E-state index in [1.165, 1.54) is 11.8 Å². The number of anilines is 2. The summed E-state index contributed by atoms with van der Waals surface area (Å²) in [6.07, 6.45) is 0. The van der Waals surface area contributed by atoms with Crippen LogP contribution in [0.4, 0.5) is 11.4 Å². The van der Waals surface area contributed by atoms with Gasteiger partial charge in [-0.3, -0.25) is 4.79 Å². The first kappa shape index (κ1) is 19.2. The maximum atomic E-state index is 12.4. The minimum Gasteiger partial charge on any atom is -0.378 e. The molecule has 0 aromatic heterocycles. The van der Waals surface area contributed by atoms with Crippen LogP contribution in [-0.4, -0.2) is 56.4 Å². The zero-order valence-electron chi connectivity index (χ0n) is 15.8. The van der Waals surface area contributed by atoms with Gasteiger partial charge in [0.1, 0.15) is 0 Å². The van der Waals surface area contributed by atoms with Crippen LogP contribution in [0.1, 0.15) is 20.8 Å². The third kappa shape index (κ3) is 3.76. The normalized spacial score (nSPS) is 26.2. The molecule has 0 N–H and O–H groups in total. The third-order valence-corrected chi connectivity index (χ3v) is 7.76. The number of amides is 1. The van der Waals surface area contributed by atoms with Gasteiger partial charge in [-0.15, -0.1) is 0 Å². The van der Waals surface area contributed by atoms with Crippen molar-refractivity contribution in [1.82, 2.24) is 0 Å². The van der Waals surface area contributed by atoms with Gasteiger partial charge in [0, 0.05) is 36.1 Å². The first-order valence-corrected chi connectivity index (χ1v) is 11.2. The van der Waals surface area contributed by atoms with Crippen LogP contribution in [0.5, 0.6) is 0 Å². The number of carbonyl (C=O) groups is 1. The Morgan fingerprint density at radius 1 is 1.19 bits per heavy atom.